The average Bonchev–Trinajstić information content (AvgIpc) is 2.37. The van der Waals surface area contributed by atoms with E-state index in [2.05, 4.69) is 4.98 Å². The Labute approximate surface area is 121 Å². The fourth-order valence-corrected chi connectivity index (χ4v) is 2.09. The molecule has 0 atom stereocenters. The predicted octanol–water partition coefficient (Wildman–Crippen LogP) is 1.39. The molecule has 1 aromatic heterocycles. The summed E-state index contributed by atoms with van der Waals surface area (Å²) in [7, 11) is 0. The number of benzene rings is 1. The minimum absolute atomic E-state index is 0.0678. The van der Waals surface area contributed by atoms with Crippen LogP contribution in [-0.4, -0.2) is 14.5 Å². The quantitative estimate of drug-likeness (QED) is 0.380. The summed E-state index contributed by atoms with van der Waals surface area (Å²) >= 11 is 1.88. The molecule has 0 unspecified atom stereocenters. The van der Waals surface area contributed by atoms with Crippen LogP contribution in [-0.2, 0) is 6.54 Å². The molecule has 1 heterocycles. The number of nitrogens with zero attached hydrogens (tertiary/aromatic N) is 3. The molecule has 0 amide bonds. The van der Waals surface area contributed by atoms with E-state index >= 15 is 0 Å². The van der Waals surface area contributed by atoms with Gasteiger partial charge in [0, 0.05) is 17.8 Å². The molecule has 0 aliphatic heterocycles. The minimum Gasteiger partial charge on any atom is -0.393 e. The Morgan fingerprint density at radius 1 is 1.47 bits per heavy atom. The highest BCUT2D eigenvalue weighted by molar-refractivity contribution is 14.1. The summed E-state index contributed by atoms with van der Waals surface area (Å²) in [5.74, 6) is 0. The van der Waals surface area contributed by atoms with Crippen molar-refractivity contribution in [1.82, 2.24) is 9.55 Å². The zero-order valence-corrected chi connectivity index (χ0v) is 11.8. The molecule has 2 aromatic rings. The van der Waals surface area contributed by atoms with E-state index in [1.54, 1.807) is 6.07 Å². The Morgan fingerprint density at radius 2 is 2.21 bits per heavy atom. The number of rotatable bonds is 3. The van der Waals surface area contributed by atoms with E-state index in [0.717, 1.165) is 0 Å². The molecule has 0 fully saturated rings. The molecule has 0 radical (unpaired) electrons. The van der Waals surface area contributed by atoms with Gasteiger partial charge in [0.2, 0.25) is 0 Å². The third-order valence-corrected chi connectivity index (χ3v) is 3.31. The van der Waals surface area contributed by atoms with Gasteiger partial charge in [-0.15, -0.1) is 0 Å². The first-order chi connectivity index (χ1) is 9.00. The molecule has 8 heteroatoms. The third-order valence-electron chi connectivity index (χ3n) is 2.57. The largest absolute Gasteiger partial charge is 0.393 e. The topological polar surface area (TPSA) is 104 Å². The van der Waals surface area contributed by atoms with Gasteiger partial charge in [-0.2, -0.15) is 0 Å². The van der Waals surface area contributed by atoms with Gasteiger partial charge in [0.05, 0.1) is 21.4 Å². The van der Waals surface area contributed by atoms with E-state index < -0.39 is 4.92 Å². The summed E-state index contributed by atoms with van der Waals surface area (Å²) in [4.78, 5) is 26.0. The minimum atomic E-state index is -0.547. The van der Waals surface area contributed by atoms with Crippen LogP contribution < -0.4 is 11.3 Å². The molecule has 2 N–H and O–H groups in total. The number of nitro groups is 1. The predicted molar refractivity (Wildman–Crippen MR) is 77.8 cm³/mol. The van der Waals surface area contributed by atoms with Crippen molar-refractivity contribution >= 4 is 34.0 Å². The summed E-state index contributed by atoms with van der Waals surface area (Å²) in [5, 5.41) is 10.8. The molecular weight excluding hydrogens is 363 g/mol. The maximum absolute atomic E-state index is 11.8. The summed E-state index contributed by atoms with van der Waals surface area (Å²) < 4.78 is 1.83. The third kappa shape index (κ3) is 2.72. The van der Waals surface area contributed by atoms with Crippen molar-refractivity contribution in [3.63, 3.8) is 0 Å². The summed E-state index contributed by atoms with van der Waals surface area (Å²) in [5.41, 5.74) is 5.95. The molecule has 0 saturated heterocycles. The molecular formula is C11H9IN4O3. The molecule has 0 saturated carbocycles. The van der Waals surface area contributed by atoms with Crippen LogP contribution in [0.5, 0.6) is 0 Å². The van der Waals surface area contributed by atoms with Crippen LogP contribution in [0.2, 0.25) is 0 Å². The molecule has 0 aliphatic rings. The second kappa shape index (κ2) is 5.34. The highest BCUT2D eigenvalue weighted by Crippen LogP contribution is 2.25. The van der Waals surface area contributed by atoms with Crippen molar-refractivity contribution in [3.05, 3.63) is 60.3 Å². The van der Waals surface area contributed by atoms with Crippen molar-refractivity contribution < 1.29 is 4.92 Å². The maximum atomic E-state index is 11.8. The standard InChI is InChI=1S/C11H9IN4O3/c12-8-4-14-6-15(11(8)17)5-7-2-1-3-9(10(7)13)16(18)19/h1-4,6H,5,13H2. The van der Waals surface area contributed by atoms with E-state index in [-0.39, 0.29) is 23.5 Å². The monoisotopic (exact) mass is 372 g/mol. The zero-order valence-electron chi connectivity index (χ0n) is 9.62. The van der Waals surface area contributed by atoms with E-state index in [1.807, 2.05) is 22.6 Å². The van der Waals surface area contributed by atoms with Gasteiger partial charge in [0.1, 0.15) is 5.69 Å². The van der Waals surface area contributed by atoms with Crippen molar-refractivity contribution in [2.45, 2.75) is 6.54 Å². The van der Waals surface area contributed by atoms with Crippen LogP contribution in [0.3, 0.4) is 0 Å². The van der Waals surface area contributed by atoms with Crippen molar-refractivity contribution in [1.29, 1.82) is 0 Å². The summed E-state index contributed by atoms with van der Waals surface area (Å²) in [6.45, 7) is 0.149. The number of aromatic nitrogens is 2. The maximum Gasteiger partial charge on any atom is 0.292 e. The Morgan fingerprint density at radius 3 is 2.89 bits per heavy atom. The van der Waals surface area contributed by atoms with E-state index in [9.17, 15) is 14.9 Å². The second-order valence-corrected chi connectivity index (χ2v) is 4.94. The van der Waals surface area contributed by atoms with Crippen molar-refractivity contribution in [3.8, 4) is 0 Å². The van der Waals surface area contributed by atoms with Gasteiger partial charge in [0.15, 0.2) is 0 Å². The van der Waals surface area contributed by atoms with Crippen LogP contribution in [0, 0.1) is 13.7 Å². The Balaban J connectivity index is 2.45. The van der Waals surface area contributed by atoms with Gasteiger partial charge in [-0.25, -0.2) is 4.98 Å². The highest BCUT2D eigenvalue weighted by atomic mass is 127. The first-order valence-corrected chi connectivity index (χ1v) is 6.30. The lowest BCUT2D eigenvalue weighted by Gasteiger charge is -2.08. The number of nitrogen functional groups attached to an aromatic ring is 1. The average molecular weight is 372 g/mol. The number of anilines is 1. The van der Waals surface area contributed by atoms with Gasteiger partial charge in [-0.05, 0) is 22.6 Å². The lowest BCUT2D eigenvalue weighted by molar-refractivity contribution is -0.383. The fourth-order valence-electron chi connectivity index (χ4n) is 1.62. The van der Waals surface area contributed by atoms with E-state index in [1.165, 1.54) is 29.2 Å². The molecule has 19 heavy (non-hydrogen) atoms. The first-order valence-electron chi connectivity index (χ1n) is 5.22. The van der Waals surface area contributed by atoms with Gasteiger partial charge < -0.3 is 5.73 Å². The number of hydrogen-bond donors (Lipinski definition) is 1. The Bertz CT molecular complexity index is 699. The zero-order chi connectivity index (χ0) is 14.0. The van der Waals surface area contributed by atoms with Crippen molar-refractivity contribution in [2.24, 2.45) is 0 Å². The van der Waals surface area contributed by atoms with Gasteiger partial charge in [-0.1, -0.05) is 12.1 Å². The Hall–Kier alpha value is -1.97. The van der Waals surface area contributed by atoms with Crippen LogP contribution in [0.4, 0.5) is 11.4 Å². The Kier molecular flexibility index (Phi) is 3.79. The van der Waals surface area contributed by atoms with Gasteiger partial charge >= 0.3 is 0 Å². The number of hydrogen-bond acceptors (Lipinski definition) is 5. The van der Waals surface area contributed by atoms with Gasteiger partial charge in [0.25, 0.3) is 11.2 Å². The summed E-state index contributed by atoms with van der Waals surface area (Å²) in [6, 6.07) is 4.51. The molecule has 0 bridgehead atoms. The lowest BCUT2D eigenvalue weighted by Crippen LogP contribution is -2.23. The fraction of sp³-hybridized carbons (Fsp3) is 0.0909. The first kappa shape index (κ1) is 13.5. The summed E-state index contributed by atoms with van der Waals surface area (Å²) in [6.07, 6.45) is 2.83. The number of para-hydroxylation sites is 1. The molecule has 0 aliphatic carbocycles. The number of nitro benzene ring substituents is 1. The molecule has 7 nitrogen and oxygen atoms in total. The lowest BCUT2D eigenvalue weighted by atomic mass is 10.1. The van der Waals surface area contributed by atoms with Crippen LogP contribution >= 0.6 is 22.6 Å². The van der Waals surface area contributed by atoms with E-state index in [4.69, 9.17) is 5.73 Å². The van der Waals surface area contributed by atoms with E-state index in [0.29, 0.717) is 9.13 Å². The highest BCUT2D eigenvalue weighted by Gasteiger charge is 2.14. The van der Waals surface area contributed by atoms with Crippen LogP contribution in [0.15, 0.2) is 35.5 Å². The molecule has 1 aromatic carbocycles. The van der Waals surface area contributed by atoms with Gasteiger partial charge in [-0.3, -0.25) is 19.5 Å². The second-order valence-electron chi connectivity index (χ2n) is 3.78. The van der Waals surface area contributed by atoms with Crippen LogP contribution in [0.25, 0.3) is 0 Å². The SMILES string of the molecule is Nc1c(Cn2cncc(I)c2=O)cccc1[N+](=O)[O-]. The molecule has 98 valence electrons. The van der Waals surface area contributed by atoms with Crippen LogP contribution in [0.1, 0.15) is 5.56 Å². The smallest absolute Gasteiger partial charge is 0.292 e. The molecule has 0 spiro atoms. The number of halogens is 1. The normalized spacial score (nSPS) is 10.4. The molecule has 2 rings (SSSR count). The number of nitrogens with two attached hydrogens (primary N) is 1. The van der Waals surface area contributed by atoms with Crippen molar-refractivity contribution in [2.75, 3.05) is 5.73 Å².